The van der Waals surface area contributed by atoms with Crippen LogP contribution in [0.15, 0.2) is 35.4 Å². The van der Waals surface area contributed by atoms with Crippen molar-refractivity contribution in [1.82, 2.24) is 15.1 Å². The fourth-order valence-corrected chi connectivity index (χ4v) is 5.67. The topological polar surface area (TPSA) is 42.4 Å². The van der Waals surface area contributed by atoms with Crippen LogP contribution in [-0.4, -0.2) is 53.9 Å². The largest absolute Gasteiger partial charge is 0.367 e. The summed E-state index contributed by atoms with van der Waals surface area (Å²) in [4.78, 5) is 4.89. The quantitative estimate of drug-likeness (QED) is 0.611. The zero-order valence-electron chi connectivity index (χ0n) is 17.2. The molecule has 2 unspecified atom stereocenters. The van der Waals surface area contributed by atoms with Crippen LogP contribution in [-0.2, 0) is 6.42 Å². The Morgan fingerprint density at radius 3 is 2.64 bits per heavy atom. The van der Waals surface area contributed by atoms with Crippen LogP contribution in [0.25, 0.3) is 5.70 Å². The van der Waals surface area contributed by atoms with Crippen molar-refractivity contribution in [2.75, 3.05) is 26.2 Å². The Hall–Kier alpha value is -2.07. The van der Waals surface area contributed by atoms with Crippen molar-refractivity contribution in [1.29, 1.82) is 5.41 Å². The van der Waals surface area contributed by atoms with Crippen molar-refractivity contribution in [3.8, 4) is 0 Å². The summed E-state index contributed by atoms with van der Waals surface area (Å²) in [6.45, 7) is 8.48. The third-order valence-corrected chi connectivity index (χ3v) is 7.10. The number of aryl methyl sites for hydroxylation is 2. The van der Waals surface area contributed by atoms with E-state index in [1.807, 2.05) is 0 Å². The highest BCUT2D eigenvalue weighted by molar-refractivity contribution is 5.97. The van der Waals surface area contributed by atoms with Crippen molar-refractivity contribution in [3.05, 3.63) is 52.1 Å². The van der Waals surface area contributed by atoms with Gasteiger partial charge in [-0.15, -0.1) is 0 Å². The molecule has 2 saturated heterocycles. The Kier molecular flexibility index (Phi) is 4.54. The first-order chi connectivity index (χ1) is 13.6. The summed E-state index contributed by atoms with van der Waals surface area (Å²) in [6.07, 6.45) is 8.26. The second-order valence-electron chi connectivity index (χ2n) is 9.06. The van der Waals surface area contributed by atoms with E-state index in [9.17, 15) is 0 Å². The second kappa shape index (κ2) is 7.07. The summed E-state index contributed by atoms with van der Waals surface area (Å²) in [6, 6.07) is 7.91. The first-order valence-electron chi connectivity index (χ1n) is 10.9. The lowest BCUT2D eigenvalue weighted by Gasteiger charge is -2.39. The molecule has 0 aromatic heterocycles. The molecular formula is C24H32N4. The van der Waals surface area contributed by atoms with Gasteiger partial charge < -0.3 is 15.1 Å². The van der Waals surface area contributed by atoms with Crippen molar-refractivity contribution in [2.24, 2.45) is 0 Å². The van der Waals surface area contributed by atoms with Crippen molar-refractivity contribution in [3.63, 3.8) is 0 Å². The van der Waals surface area contributed by atoms with Gasteiger partial charge in [0.25, 0.3) is 0 Å². The van der Waals surface area contributed by atoms with Crippen LogP contribution in [0.1, 0.15) is 49.3 Å². The lowest BCUT2D eigenvalue weighted by Crippen LogP contribution is -2.53. The minimum absolute atomic E-state index is 0.590. The fourth-order valence-electron chi connectivity index (χ4n) is 5.67. The van der Waals surface area contributed by atoms with Crippen LogP contribution in [0.2, 0.25) is 0 Å². The summed E-state index contributed by atoms with van der Waals surface area (Å²) in [5, 5.41) is 12.6. The Morgan fingerprint density at radius 2 is 1.89 bits per heavy atom. The van der Waals surface area contributed by atoms with E-state index in [1.54, 1.807) is 0 Å². The molecule has 1 aromatic rings. The van der Waals surface area contributed by atoms with E-state index in [-0.39, 0.29) is 0 Å². The Bertz CT molecular complexity index is 853. The number of amidine groups is 1. The molecule has 4 heteroatoms. The minimum Gasteiger partial charge on any atom is -0.367 e. The predicted octanol–water partition coefficient (Wildman–Crippen LogP) is 3.72. The summed E-state index contributed by atoms with van der Waals surface area (Å²) >= 11 is 0. The average Bonchev–Trinajstić information content (AvgIpc) is 3.05. The molecule has 2 N–H and O–H groups in total. The first-order valence-corrected chi connectivity index (χ1v) is 10.9. The molecule has 0 radical (unpaired) electrons. The first kappa shape index (κ1) is 18.0. The van der Waals surface area contributed by atoms with Gasteiger partial charge in [-0.05, 0) is 68.2 Å². The van der Waals surface area contributed by atoms with E-state index in [1.165, 1.54) is 46.4 Å². The van der Waals surface area contributed by atoms with E-state index in [0.717, 1.165) is 51.3 Å². The van der Waals surface area contributed by atoms with Gasteiger partial charge in [0, 0.05) is 49.5 Å². The highest BCUT2D eigenvalue weighted by Gasteiger charge is 2.35. The molecule has 148 valence electrons. The zero-order chi connectivity index (χ0) is 19.3. The highest BCUT2D eigenvalue weighted by Crippen LogP contribution is 2.35. The molecule has 0 amide bonds. The summed E-state index contributed by atoms with van der Waals surface area (Å²) in [7, 11) is 0. The van der Waals surface area contributed by atoms with Gasteiger partial charge in [0.05, 0.1) is 0 Å². The average molecular weight is 377 g/mol. The number of benzene rings is 1. The molecule has 2 fully saturated rings. The smallest absolute Gasteiger partial charge is 0.124 e. The van der Waals surface area contributed by atoms with Crippen LogP contribution in [0.5, 0.6) is 0 Å². The monoisotopic (exact) mass is 376 g/mol. The molecule has 2 bridgehead atoms. The maximum absolute atomic E-state index is 8.88. The van der Waals surface area contributed by atoms with Gasteiger partial charge in [-0.3, -0.25) is 5.41 Å². The Labute approximate surface area is 168 Å². The molecule has 2 atom stereocenters. The van der Waals surface area contributed by atoms with Gasteiger partial charge >= 0.3 is 0 Å². The molecule has 28 heavy (non-hydrogen) atoms. The summed E-state index contributed by atoms with van der Waals surface area (Å²) < 4.78 is 0. The molecule has 4 nitrogen and oxygen atoms in total. The number of nitrogens with zero attached hydrogens (tertiary/aromatic N) is 2. The lowest BCUT2D eigenvalue weighted by molar-refractivity contribution is 0.285. The summed E-state index contributed by atoms with van der Waals surface area (Å²) in [5.41, 5.74) is 8.43. The molecule has 3 aliphatic heterocycles. The molecule has 4 aliphatic rings. The lowest BCUT2D eigenvalue weighted by atomic mass is 9.89. The number of rotatable bonds is 2. The van der Waals surface area contributed by atoms with Crippen molar-refractivity contribution in [2.45, 2.75) is 58.0 Å². The van der Waals surface area contributed by atoms with E-state index < -0.39 is 0 Å². The SMILES string of the molecule is CC1=C(C(=N)N2CC3CCC(C2)N3)CCN(C2=CCCc3cccc(C)c32)C1. The van der Waals surface area contributed by atoms with Crippen molar-refractivity contribution >= 4 is 11.5 Å². The third-order valence-electron chi connectivity index (χ3n) is 7.10. The van der Waals surface area contributed by atoms with Gasteiger partial charge in [-0.1, -0.05) is 24.3 Å². The number of hydrogen-bond donors (Lipinski definition) is 2. The van der Waals surface area contributed by atoms with Gasteiger partial charge in [0.1, 0.15) is 5.84 Å². The van der Waals surface area contributed by atoms with Gasteiger partial charge in [-0.2, -0.15) is 0 Å². The third kappa shape index (κ3) is 3.08. The Balaban J connectivity index is 1.35. The standard InChI is InChI=1S/C24H32N4/c1-16-5-3-6-18-7-4-8-22(23(16)18)27-12-11-21(17(2)13-27)24(25)28-14-19-9-10-20(15-28)26-19/h3,5-6,8,19-20,25-26H,4,7,9-15H2,1-2H3. The predicted molar refractivity (Wildman–Crippen MR) is 116 cm³/mol. The fraction of sp³-hybridized carbons (Fsp3) is 0.542. The number of fused-ring (bicyclic) bond motifs is 3. The van der Waals surface area contributed by atoms with Crippen LogP contribution in [0, 0.1) is 12.3 Å². The zero-order valence-corrected chi connectivity index (χ0v) is 17.2. The molecular weight excluding hydrogens is 344 g/mol. The van der Waals surface area contributed by atoms with Crippen LogP contribution in [0.4, 0.5) is 0 Å². The van der Waals surface area contributed by atoms with Gasteiger partial charge in [-0.25, -0.2) is 0 Å². The van der Waals surface area contributed by atoms with Gasteiger partial charge in [0.15, 0.2) is 0 Å². The highest BCUT2D eigenvalue weighted by atomic mass is 15.3. The van der Waals surface area contributed by atoms with Crippen LogP contribution < -0.4 is 5.32 Å². The summed E-state index contributed by atoms with van der Waals surface area (Å²) in [5.74, 6) is 0.796. The number of likely N-dealkylation sites (tertiary alicyclic amines) is 1. The molecule has 0 saturated carbocycles. The normalized spacial score (nSPS) is 27.0. The van der Waals surface area contributed by atoms with Crippen LogP contribution >= 0.6 is 0 Å². The molecule has 1 aliphatic carbocycles. The molecule has 1 aromatic carbocycles. The molecule has 5 rings (SSSR count). The van der Waals surface area contributed by atoms with E-state index in [0.29, 0.717) is 12.1 Å². The molecule has 3 heterocycles. The number of nitrogens with one attached hydrogen (secondary N) is 2. The number of hydrogen-bond acceptors (Lipinski definition) is 3. The van der Waals surface area contributed by atoms with Crippen LogP contribution in [0.3, 0.4) is 0 Å². The van der Waals surface area contributed by atoms with Crippen molar-refractivity contribution < 1.29 is 0 Å². The van der Waals surface area contributed by atoms with E-state index >= 15 is 0 Å². The number of piperazine rings is 1. The van der Waals surface area contributed by atoms with Gasteiger partial charge in [0.2, 0.25) is 0 Å². The van der Waals surface area contributed by atoms with E-state index in [2.05, 4.69) is 53.2 Å². The number of allylic oxidation sites excluding steroid dienone is 1. The Morgan fingerprint density at radius 1 is 1.11 bits per heavy atom. The maximum atomic E-state index is 8.88. The maximum Gasteiger partial charge on any atom is 0.124 e. The molecule has 0 spiro atoms. The second-order valence-corrected chi connectivity index (χ2v) is 9.06. The van der Waals surface area contributed by atoms with E-state index in [4.69, 9.17) is 5.41 Å². The minimum atomic E-state index is 0.590.